The number of para-hydroxylation sites is 3. The highest BCUT2D eigenvalue weighted by Gasteiger charge is 2.29. The van der Waals surface area contributed by atoms with E-state index < -0.39 is 0 Å². The van der Waals surface area contributed by atoms with Crippen molar-refractivity contribution < 1.29 is 19.1 Å². The Hall–Kier alpha value is -3.32. The van der Waals surface area contributed by atoms with Crippen molar-refractivity contribution in [2.24, 2.45) is 0 Å². The molecule has 154 valence electrons. The van der Waals surface area contributed by atoms with Crippen molar-refractivity contribution in [1.29, 1.82) is 0 Å². The molecule has 2 heterocycles. The van der Waals surface area contributed by atoms with Gasteiger partial charge in [-0.15, -0.1) is 11.3 Å². The van der Waals surface area contributed by atoms with E-state index in [1.807, 2.05) is 53.9 Å². The van der Waals surface area contributed by atoms with E-state index in [2.05, 4.69) is 0 Å². The fourth-order valence-corrected chi connectivity index (χ4v) is 4.14. The van der Waals surface area contributed by atoms with Crippen molar-refractivity contribution in [1.82, 2.24) is 4.90 Å². The molecule has 0 unspecified atom stereocenters. The lowest BCUT2D eigenvalue weighted by atomic mass is 10.1. The molecule has 30 heavy (non-hydrogen) atoms. The summed E-state index contributed by atoms with van der Waals surface area (Å²) in [5.74, 6) is 0.975. The van der Waals surface area contributed by atoms with Crippen LogP contribution in [0.3, 0.4) is 0 Å². The zero-order valence-corrected chi connectivity index (χ0v) is 17.4. The molecule has 3 aromatic rings. The van der Waals surface area contributed by atoms with E-state index in [4.69, 9.17) is 9.47 Å². The van der Waals surface area contributed by atoms with Crippen LogP contribution in [0, 0.1) is 0 Å². The van der Waals surface area contributed by atoms with Crippen molar-refractivity contribution in [2.75, 3.05) is 25.2 Å². The molecular weight excluding hydrogens is 400 g/mol. The first kappa shape index (κ1) is 20.0. The van der Waals surface area contributed by atoms with Gasteiger partial charge in [-0.1, -0.05) is 36.4 Å². The van der Waals surface area contributed by atoms with Crippen molar-refractivity contribution in [2.45, 2.75) is 13.1 Å². The molecule has 1 aliphatic heterocycles. The number of methoxy groups -OCH3 is 1. The number of carbonyl (C=O) groups excluding carboxylic acids is 2. The zero-order chi connectivity index (χ0) is 20.9. The van der Waals surface area contributed by atoms with Crippen LogP contribution in [-0.4, -0.2) is 37.0 Å². The van der Waals surface area contributed by atoms with Gasteiger partial charge in [0.05, 0.1) is 19.3 Å². The molecule has 2 aromatic carbocycles. The van der Waals surface area contributed by atoms with Gasteiger partial charge in [0.25, 0.3) is 5.91 Å². The minimum Gasteiger partial charge on any atom is -0.496 e. The summed E-state index contributed by atoms with van der Waals surface area (Å²) in [6.45, 7) is 0.747. The molecular formula is C23H22N2O4S. The summed E-state index contributed by atoms with van der Waals surface area (Å²) in [6, 6.07) is 18.9. The van der Waals surface area contributed by atoms with Gasteiger partial charge in [-0.2, -0.15) is 0 Å². The third-order valence-corrected chi connectivity index (χ3v) is 5.80. The molecule has 0 fully saturated rings. The number of hydrogen-bond donors (Lipinski definition) is 0. The van der Waals surface area contributed by atoms with Crippen molar-refractivity contribution in [3.05, 3.63) is 76.5 Å². The van der Waals surface area contributed by atoms with E-state index in [1.165, 1.54) is 4.90 Å². The van der Waals surface area contributed by atoms with Crippen LogP contribution in [0.15, 0.2) is 66.0 Å². The summed E-state index contributed by atoms with van der Waals surface area (Å²) < 4.78 is 10.9. The molecule has 0 aliphatic carbocycles. The second kappa shape index (κ2) is 9.00. The fraction of sp³-hybridized carbons (Fsp3) is 0.217. The van der Waals surface area contributed by atoms with Crippen LogP contribution < -0.4 is 14.4 Å². The van der Waals surface area contributed by atoms with E-state index in [-0.39, 0.29) is 25.0 Å². The maximum absolute atomic E-state index is 13.4. The van der Waals surface area contributed by atoms with Gasteiger partial charge in [0.1, 0.15) is 18.0 Å². The molecule has 0 saturated heterocycles. The third kappa shape index (κ3) is 4.31. The van der Waals surface area contributed by atoms with Gasteiger partial charge in [-0.3, -0.25) is 14.5 Å². The van der Waals surface area contributed by atoms with E-state index in [1.54, 1.807) is 35.5 Å². The molecule has 4 rings (SSSR count). The van der Waals surface area contributed by atoms with Gasteiger partial charge < -0.3 is 14.4 Å². The van der Waals surface area contributed by atoms with Crippen molar-refractivity contribution in [3.63, 3.8) is 0 Å². The Kier molecular flexibility index (Phi) is 5.99. The molecule has 2 amide bonds. The normalized spacial score (nSPS) is 12.8. The van der Waals surface area contributed by atoms with Crippen LogP contribution in [0.5, 0.6) is 11.5 Å². The zero-order valence-electron chi connectivity index (χ0n) is 16.6. The molecule has 0 radical (unpaired) electrons. The van der Waals surface area contributed by atoms with Crippen LogP contribution in [0.1, 0.15) is 10.4 Å². The summed E-state index contributed by atoms with van der Waals surface area (Å²) in [5, 5.41) is 1.99. The second-order valence-electron chi connectivity index (χ2n) is 6.88. The van der Waals surface area contributed by atoms with Crippen LogP contribution in [0.25, 0.3) is 0 Å². The van der Waals surface area contributed by atoms with Crippen LogP contribution in [-0.2, 0) is 22.7 Å². The Bertz CT molecular complexity index is 1040. The Morgan fingerprint density at radius 2 is 1.90 bits per heavy atom. The highest BCUT2D eigenvalue weighted by Crippen LogP contribution is 2.31. The molecule has 0 atom stereocenters. The van der Waals surface area contributed by atoms with Gasteiger partial charge >= 0.3 is 0 Å². The SMILES string of the molecule is COc1ccccc1CN(Cc1cccs1)C(=O)CN1C(=O)COc2ccccc21. The number of ether oxygens (including phenoxy) is 2. The topological polar surface area (TPSA) is 59.1 Å². The molecule has 6 nitrogen and oxygen atoms in total. The van der Waals surface area contributed by atoms with E-state index in [0.29, 0.717) is 24.5 Å². The standard InChI is InChI=1S/C23H22N2O4S/c1-28-20-10-4-2-7-17(20)13-24(14-18-8-6-12-30-18)22(26)15-25-19-9-3-5-11-21(19)29-16-23(25)27/h2-12H,13-16H2,1H3. The number of anilines is 1. The number of thiophene rings is 1. The summed E-state index contributed by atoms with van der Waals surface area (Å²) in [4.78, 5) is 30.2. The number of rotatable bonds is 7. The van der Waals surface area contributed by atoms with Gasteiger partial charge in [0.15, 0.2) is 6.61 Å². The first-order chi connectivity index (χ1) is 14.7. The monoisotopic (exact) mass is 422 g/mol. The van der Waals surface area contributed by atoms with E-state index >= 15 is 0 Å². The molecule has 0 spiro atoms. The number of nitrogens with zero attached hydrogens (tertiary/aromatic N) is 2. The van der Waals surface area contributed by atoms with Crippen molar-refractivity contribution in [3.8, 4) is 11.5 Å². The molecule has 0 saturated carbocycles. The van der Waals surface area contributed by atoms with Crippen LogP contribution in [0.4, 0.5) is 5.69 Å². The first-order valence-corrected chi connectivity index (χ1v) is 10.5. The number of benzene rings is 2. The molecule has 1 aliphatic rings. The smallest absolute Gasteiger partial charge is 0.265 e. The molecule has 0 bridgehead atoms. The summed E-state index contributed by atoms with van der Waals surface area (Å²) >= 11 is 1.60. The van der Waals surface area contributed by atoms with Gasteiger partial charge in [0.2, 0.25) is 5.91 Å². The minimum atomic E-state index is -0.226. The maximum Gasteiger partial charge on any atom is 0.265 e. The quantitative estimate of drug-likeness (QED) is 0.582. The number of fused-ring (bicyclic) bond motifs is 1. The van der Waals surface area contributed by atoms with Crippen LogP contribution >= 0.6 is 11.3 Å². The Morgan fingerprint density at radius 3 is 2.70 bits per heavy atom. The Morgan fingerprint density at radius 1 is 1.10 bits per heavy atom. The lowest BCUT2D eigenvalue weighted by molar-refractivity contribution is -0.133. The van der Waals surface area contributed by atoms with E-state index in [0.717, 1.165) is 16.2 Å². The van der Waals surface area contributed by atoms with Gasteiger partial charge in [0, 0.05) is 17.0 Å². The Balaban J connectivity index is 1.59. The third-order valence-electron chi connectivity index (χ3n) is 4.93. The van der Waals surface area contributed by atoms with Gasteiger partial charge in [-0.05, 0) is 29.6 Å². The summed E-state index contributed by atoms with van der Waals surface area (Å²) in [5.41, 5.74) is 1.54. The average Bonchev–Trinajstić information content (AvgIpc) is 3.29. The van der Waals surface area contributed by atoms with Crippen molar-refractivity contribution >= 4 is 28.8 Å². The molecule has 0 N–H and O–H groups in total. The summed E-state index contributed by atoms with van der Waals surface area (Å²) in [6.07, 6.45) is 0. The molecule has 1 aromatic heterocycles. The fourth-order valence-electron chi connectivity index (χ4n) is 3.42. The number of carbonyl (C=O) groups is 2. The lowest BCUT2D eigenvalue weighted by Gasteiger charge is -2.31. The predicted molar refractivity (Wildman–Crippen MR) is 116 cm³/mol. The lowest BCUT2D eigenvalue weighted by Crippen LogP contribution is -2.46. The van der Waals surface area contributed by atoms with E-state index in [9.17, 15) is 9.59 Å². The largest absolute Gasteiger partial charge is 0.496 e. The summed E-state index contributed by atoms with van der Waals surface area (Å²) in [7, 11) is 1.62. The number of hydrogen-bond acceptors (Lipinski definition) is 5. The number of amides is 2. The second-order valence-corrected chi connectivity index (χ2v) is 7.91. The first-order valence-electron chi connectivity index (χ1n) is 9.60. The van der Waals surface area contributed by atoms with Crippen LogP contribution in [0.2, 0.25) is 0 Å². The highest BCUT2D eigenvalue weighted by molar-refractivity contribution is 7.09. The Labute approximate surface area is 179 Å². The van der Waals surface area contributed by atoms with Gasteiger partial charge in [-0.25, -0.2) is 0 Å². The highest BCUT2D eigenvalue weighted by atomic mass is 32.1. The maximum atomic E-state index is 13.4. The molecule has 7 heteroatoms. The average molecular weight is 423 g/mol. The predicted octanol–water partition coefficient (Wildman–Crippen LogP) is 3.71. The minimum absolute atomic E-state index is 0.0419.